The van der Waals surface area contributed by atoms with Crippen LogP contribution in [0.15, 0.2) is 35.2 Å². The van der Waals surface area contributed by atoms with Gasteiger partial charge in [-0.25, -0.2) is 4.79 Å². The lowest BCUT2D eigenvalue weighted by atomic mass is 10.0. The van der Waals surface area contributed by atoms with Gasteiger partial charge < -0.3 is 15.8 Å². The molecule has 29 heavy (non-hydrogen) atoms. The summed E-state index contributed by atoms with van der Waals surface area (Å²) in [6.45, 7) is 3.89. The summed E-state index contributed by atoms with van der Waals surface area (Å²) in [5, 5.41) is 7.18. The molecule has 2 fully saturated rings. The van der Waals surface area contributed by atoms with E-state index in [2.05, 4.69) is 10.4 Å². The molecular formula is C20H26N4O4S. The number of nitrogens with two attached hydrogens (primary N) is 1. The third-order valence-electron chi connectivity index (χ3n) is 5.75. The van der Waals surface area contributed by atoms with Gasteiger partial charge in [-0.2, -0.15) is 13.5 Å². The first-order valence-corrected chi connectivity index (χ1v) is 11.3. The quantitative estimate of drug-likeness (QED) is 0.771. The number of ether oxygens (including phenoxy) is 1. The summed E-state index contributed by atoms with van der Waals surface area (Å²) in [6.07, 6.45) is 3.43. The molecule has 1 aromatic heterocycles. The van der Waals surface area contributed by atoms with Gasteiger partial charge in [0.25, 0.3) is 10.0 Å². The van der Waals surface area contributed by atoms with Crippen molar-refractivity contribution in [3.63, 3.8) is 0 Å². The molecule has 0 saturated heterocycles. The van der Waals surface area contributed by atoms with Crippen molar-refractivity contribution in [2.45, 2.75) is 68.4 Å². The van der Waals surface area contributed by atoms with Crippen molar-refractivity contribution in [1.29, 1.82) is 0 Å². The van der Waals surface area contributed by atoms with Crippen molar-refractivity contribution in [3.8, 4) is 0 Å². The molecule has 1 amide bonds. The van der Waals surface area contributed by atoms with Crippen LogP contribution in [-0.4, -0.2) is 35.3 Å². The van der Waals surface area contributed by atoms with E-state index in [4.69, 9.17) is 10.5 Å². The van der Waals surface area contributed by atoms with Crippen LogP contribution in [0.1, 0.15) is 56.2 Å². The minimum Gasteiger partial charge on any atom is -0.446 e. The molecule has 2 saturated carbocycles. The summed E-state index contributed by atoms with van der Waals surface area (Å²) in [7, 11) is -3.86. The van der Waals surface area contributed by atoms with Crippen LogP contribution in [0.25, 0.3) is 0 Å². The van der Waals surface area contributed by atoms with Crippen LogP contribution >= 0.6 is 0 Å². The summed E-state index contributed by atoms with van der Waals surface area (Å²) in [6, 6.07) is 8.16. The standard InChI is InChI=1S/C20H26N4O4S/c1-13-3-7-16(8-4-13)29(26,27)24-18(21)12-17(23-24)14-5-6-15(11-14)28-19(25)22-20(2)9-10-20/h3-4,7-8,12,14-15H,5-6,9-11,21H2,1-2H3,(H,22,25)/t14-,15+/m0/s1. The largest absolute Gasteiger partial charge is 0.446 e. The molecule has 0 spiro atoms. The first-order valence-electron chi connectivity index (χ1n) is 9.83. The number of aromatic nitrogens is 2. The van der Waals surface area contributed by atoms with Crippen LogP contribution in [-0.2, 0) is 14.8 Å². The second-order valence-electron chi connectivity index (χ2n) is 8.38. The molecular weight excluding hydrogens is 392 g/mol. The zero-order valence-corrected chi connectivity index (χ0v) is 17.4. The molecule has 9 heteroatoms. The number of alkyl carbamates (subject to hydrolysis) is 1. The Morgan fingerprint density at radius 1 is 1.28 bits per heavy atom. The lowest BCUT2D eigenvalue weighted by molar-refractivity contribution is 0.0967. The van der Waals surface area contributed by atoms with E-state index in [0.29, 0.717) is 18.5 Å². The minimum atomic E-state index is -3.86. The fourth-order valence-corrected chi connectivity index (χ4v) is 4.87. The number of nitrogen functional groups attached to an aromatic ring is 1. The topological polar surface area (TPSA) is 116 Å². The molecule has 1 aromatic carbocycles. The molecule has 4 rings (SSSR count). The van der Waals surface area contributed by atoms with Gasteiger partial charge in [-0.15, -0.1) is 4.09 Å². The van der Waals surface area contributed by atoms with Gasteiger partial charge in [-0.3, -0.25) is 0 Å². The Morgan fingerprint density at radius 2 is 1.97 bits per heavy atom. The number of hydrogen-bond donors (Lipinski definition) is 2. The van der Waals surface area contributed by atoms with Gasteiger partial charge in [0, 0.05) is 17.5 Å². The predicted octanol–water partition coefficient (Wildman–Crippen LogP) is 2.93. The number of nitrogens with one attached hydrogen (secondary N) is 1. The summed E-state index contributed by atoms with van der Waals surface area (Å²) in [5.74, 6) is 0.0745. The Hall–Kier alpha value is -2.55. The van der Waals surface area contributed by atoms with E-state index < -0.39 is 10.0 Å². The van der Waals surface area contributed by atoms with E-state index in [-0.39, 0.29) is 34.4 Å². The molecule has 0 unspecified atom stereocenters. The highest BCUT2D eigenvalue weighted by molar-refractivity contribution is 7.90. The van der Waals surface area contributed by atoms with Gasteiger partial charge in [0.1, 0.15) is 11.9 Å². The molecule has 156 valence electrons. The van der Waals surface area contributed by atoms with Crippen LogP contribution in [0.2, 0.25) is 0 Å². The van der Waals surface area contributed by atoms with E-state index in [9.17, 15) is 13.2 Å². The summed E-state index contributed by atoms with van der Waals surface area (Å²) in [5.41, 5.74) is 7.44. The second-order valence-corrected chi connectivity index (χ2v) is 10.1. The number of nitrogens with zero attached hydrogens (tertiary/aromatic N) is 2. The lowest BCUT2D eigenvalue weighted by Crippen LogP contribution is -2.36. The number of benzene rings is 1. The second kappa shape index (κ2) is 7.05. The molecule has 2 aliphatic rings. The highest BCUT2D eigenvalue weighted by Crippen LogP contribution is 2.38. The maximum Gasteiger partial charge on any atom is 0.407 e. The van der Waals surface area contributed by atoms with Crippen LogP contribution in [0.5, 0.6) is 0 Å². The van der Waals surface area contributed by atoms with Crippen molar-refractivity contribution < 1.29 is 17.9 Å². The van der Waals surface area contributed by atoms with Gasteiger partial charge in [-0.1, -0.05) is 17.7 Å². The van der Waals surface area contributed by atoms with Gasteiger partial charge in [0.05, 0.1) is 10.6 Å². The number of carbonyl (C=O) groups is 1. The Balaban J connectivity index is 1.45. The molecule has 2 atom stereocenters. The number of aryl methyl sites for hydroxylation is 1. The first kappa shape index (κ1) is 19.8. The molecule has 8 nitrogen and oxygen atoms in total. The Bertz CT molecular complexity index is 1030. The van der Waals surface area contributed by atoms with Crippen molar-refractivity contribution in [2.75, 3.05) is 5.73 Å². The van der Waals surface area contributed by atoms with Gasteiger partial charge in [0.15, 0.2) is 0 Å². The maximum absolute atomic E-state index is 12.9. The molecule has 3 N–H and O–H groups in total. The molecule has 2 aromatic rings. The number of hydrogen-bond acceptors (Lipinski definition) is 6. The zero-order valence-electron chi connectivity index (χ0n) is 16.6. The average molecular weight is 419 g/mol. The molecule has 0 bridgehead atoms. The van der Waals surface area contributed by atoms with E-state index in [0.717, 1.165) is 28.9 Å². The van der Waals surface area contributed by atoms with Gasteiger partial charge in [-0.05, 0) is 58.1 Å². The SMILES string of the molecule is Cc1ccc(S(=O)(=O)n2nc([C@H]3CC[C@@H](OC(=O)NC4(C)CC4)C3)cc2N)cc1. The Kier molecular flexibility index (Phi) is 4.80. The normalized spacial score (nSPS) is 23.0. The van der Waals surface area contributed by atoms with E-state index in [1.807, 2.05) is 13.8 Å². The van der Waals surface area contributed by atoms with Crippen molar-refractivity contribution in [3.05, 3.63) is 41.6 Å². The summed E-state index contributed by atoms with van der Waals surface area (Å²) < 4.78 is 32.2. The molecule has 2 aliphatic carbocycles. The van der Waals surface area contributed by atoms with E-state index in [1.165, 1.54) is 0 Å². The minimum absolute atomic E-state index is 0.001000. The fourth-order valence-electron chi connectivity index (χ4n) is 3.66. The van der Waals surface area contributed by atoms with Crippen LogP contribution in [0.4, 0.5) is 10.6 Å². The molecule has 0 aliphatic heterocycles. The third-order valence-corrected chi connectivity index (χ3v) is 7.37. The smallest absolute Gasteiger partial charge is 0.407 e. The Labute approximate surface area is 170 Å². The van der Waals surface area contributed by atoms with Crippen molar-refractivity contribution in [2.24, 2.45) is 0 Å². The third kappa shape index (κ3) is 4.10. The number of amides is 1. The summed E-state index contributed by atoms with van der Waals surface area (Å²) in [4.78, 5) is 12.2. The Morgan fingerprint density at radius 3 is 2.62 bits per heavy atom. The molecule has 1 heterocycles. The van der Waals surface area contributed by atoms with Crippen LogP contribution in [0, 0.1) is 6.92 Å². The molecule has 0 radical (unpaired) electrons. The maximum atomic E-state index is 12.9. The first-order chi connectivity index (χ1) is 13.7. The number of anilines is 1. The van der Waals surface area contributed by atoms with Gasteiger partial charge in [0.2, 0.25) is 0 Å². The highest BCUT2D eigenvalue weighted by Gasteiger charge is 2.40. The monoisotopic (exact) mass is 418 g/mol. The van der Waals surface area contributed by atoms with Crippen LogP contribution < -0.4 is 11.1 Å². The van der Waals surface area contributed by atoms with Crippen LogP contribution in [0.3, 0.4) is 0 Å². The predicted molar refractivity (Wildman–Crippen MR) is 108 cm³/mol. The lowest BCUT2D eigenvalue weighted by Gasteiger charge is -2.16. The number of carbonyl (C=O) groups excluding carboxylic acids is 1. The fraction of sp³-hybridized carbons (Fsp3) is 0.500. The van der Waals surface area contributed by atoms with Crippen molar-refractivity contribution >= 4 is 21.9 Å². The van der Waals surface area contributed by atoms with E-state index >= 15 is 0 Å². The van der Waals surface area contributed by atoms with E-state index in [1.54, 1.807) is 30.3 Å². The number of rotatable bonds is 5. The average Bonchev–Trinajstić information content (AvgIpc) is 3.05. The van der Waals surface area contributed by atoms with Gasteiger partial charge >= 0.3 is 6.09 Å². The highest BCUT2D eigenvalue weighted by atomic mass is 32.2. The van der Waals surface area contributed by atoms with Crippen molar-refractivity contribution in [1.82, 2.24) is 14.5 Å². The summed E-state index contributed by atoms with van der Waals surface area (Å²) >= 11 is 0. The zero-order chi connectivity index (χ0) is 20.8.